The fraction of sp³-hybridized carbons (Fsp3) is 0.625. The third-order valence-electron chi connectivity index (χ3n) is 4.70. The van der Waals surface area contributed by atoms with E-state index in [1.165, 1.54) is 12.8 Å². The molecule has 2 fully saturated rings. The molecule has 0 spiro atoms. The molecule has 0 nitrogen and oxygen atoms in total. The fourth-order valence-corrected chi connectivity index (χ4v) is 10.8. The minimum Gasteiger partial charge on any atom is -0.0688 e. The van der Waals surface area contributed by atoms with E-state index in [4.69, 9.17) is 0 Å². The van der Waals surface area contributed by atoms with Crippen LogP contribution in [0.2, 0.25) is 0 Å². The molecule has 6 atom stereocenters. The highest BCUT2D eigenvalue weighted by Gasteiger charge is 2.41. The molecular formula is C16H24P2. The van der Waals surface area contributed by atoms with Gasteiger partial charge in [0.1, 0.15) is 0 Å². The van der Waals surface area contributed by atoms with Gasteiger partial charge in [-0.05, 0) is 46.1 Å². The number of rotatable bonds is 2. The molecule has 18 heavy (non-hydrogen) atoms. The minimum absolute atomic E-state index is 0.138. The van der Waals surface area contributed by atoms with E-state index in [-0.39, 0.29) is 15.8 Å². The van der Waals surface area contributed by atoms with Gasteiger partial charge in [0.15, 0.2) is 0 Å². The molecule has 2 heteroatoms. The molecule has 0 N–H and O–H groups in total. The van der Waals surface area contributed by atoms with E-state index < -0.39 is 0 Å². The predicted molar refractivity (Wildman–Crippen MR) is 86.6 cm³/mol. The van der Waals surface area contributed by atoms with E-state index in [1.807, 2.05) is 0 Å². The fourth-order valence-electron chi connectivity index (χ4n) is 3.89. The molecule has 4 unspecified atom stereocenters. The standard InChI is InChI=1S/C16H24P2/c1-11-9-12(2)17(11)15-7-5-6-8-16(15)18-13(3)10-14(18)4/h5-8,11-14H,9-10H2,1-4H3/t11-,12?,13-,14?,17?,18?/m0/s1. The molecule has 2 heterocycles. The van der Waals surface area contributed by atoms with Crippen LogP contribution in [0.5, 0.6) is 0 Å². The molecule has 0 aromatic heterocycles. The van der Waals surface area contributed by atoms with Crippen LogP contribution in [0.4, 0.5) is 0 Å². The first-order chi connectivity index (χ1) is 8.59. The van der Waals surface area contributed by atoms with E-state index >= 15 is 0 Å². The van der Waals surface area contributed by atoms with Crippen molar-refractivity contribution in [2.45, 2.75) is 63.2 Å². The summed E-state index contributed by atoms with van der Waals surface area (Å²) in [6.45, 7) is 9.85. The van der Waals surface area contributed by atoms with Crippen molar-refractivity contribution < 1.29 is 0 Å². The highest BCUT2D eigenvalue weighted by Crippen LogP contribution is 2.62. The molecule has 2 aliphatic rings. The van der Waals surface area contributed by atoms with Crippen LogP contribution in [0.1, 0.15) is 40.5 Å². The van der Waals surface area contributed by atoms with E-state index in [0.29, 0.717) is 0 Å². The van der Waals surface area contributed by atoms with Crippen molar-refractivity contribution in [1.82, 2.24) is 0 Å². The molecule has 0 aliphatic carbocycles. The lowest BCUT2D eigenvalue weighted by Crippen LogP contribution is -2.41. The molecule has 2 aliphatic heterocycles. The molecule has 0 radical (unpaired) electrons. The average Bonchev–Trinajstić information content (AvgIpc) is 2.31. The van der Waals surface area contributed by atoms with Crippen molar-refractivity contribution in [2.24, 2.45) is 0 Å². The predicted octanol–water partition coefficient (Wildman–Crippen LogP) is 4.26. The molecule has 0 bridgehead atoms. The first-order valence-electron chi connectivity index (χ1n) is 7.25. The van der Waals surface area contributed by atoms with Crippen LogP contribution < -0.4 is 10.6 Å². The summed E-state index contributed by atoms with van der Waals surface area (Å²) in [6.07, 6.45) is 2.89. The van der Waals surface area contributed by atoms with Gasteiger partial charge in [0.2, 0.25) is 0 Å². The zero-order valence-corrected chi connectivity index (χ0v) is 13.7. The Hall–Kier alpha value is 0.0800. The topological polar surface area (TPSA) is 0 Å². The Morgan fingerprint density at radius 2 is 1.06 bits per heavy atom. The molecule has 98 valence electrons. The van der Waals surface area contributed by atoms with Crippen LogP contribution >= 0.6 is 15.8 Å². The van der Waals surface area contributed by atoms with Crippen molar-refractivity contribution in [3.63, 3.8) is 0 Å². The van der Waals surface area contributed by atoms with Gasteiger partial charge in [-0.3, -0.25) is 0 Å². The van der Waals surface area contributed by atoms with Gasteiger partial charge >= 0.3 is 0 Å². The normalized spacial score (nSPS) is 43.1. The van der Waals surface area contributed by atoms with Crippen molar-refractivity contribution >= 4 is 26.5 Å². The second-order valence-electron chi connectivity index (χ2n) is 6.17. The summed E-state index contributed by atoms with van der Waals surface area (Å²) in [5, 5.41) is 3.53. The van der Waals surface area contributed by atoms with Gasteiger partial charge in [-0.15, -0.1) is 0 Å². The number of hydrogen-bond donors (Lipinski definition) is 0. The van der Waals surface area contributed by atoms with Gasteiger partial charge in [0.05, 0.1) is 0 Å². The third-order valence-corrected chi connectivity index (χ3v) is 11.4. The first-order valence-corrected chi connectivity index (χ1v) is 10.2. The highest BCUT2D eigenvalue weighted by molar-refractivity contribution is 7.74. The summed E-state index contributed by atoms with van der Waals surface area (Å²) < 4.78 is 0. The first kappa shape index (κ1) is 13.1. The minimum atomic E-state index is 0.138. The van der Waals surface area contributed by atoms with Crippen LogP contribution in [0.3, 0.4) is 0 Å². The Labute approximate surface area is 114 Å². The van der Waals surface area contributed by atoms with Gasteiger partial charge in [-0.25, -0.2) is 0 Å². The van der Waals surface area contributed by atoms with Gasteiger partial charge in [0, 0.05) is 0 Å². The molecule has 1 aromatic carbocycles. The van der Waals surface area contributed by atoms with Crippen LogP contribution in [-0.2, 0) is 0 Å². The lowest BCUT2D eigenvalue weighted by molar-refractivity contribution is 0.711. The molecular weight excluding hydrogens is 254 g/mol. The second kappa shape index (κ2) is 4.88. The molecule has 0 saturated carbocycles. The highest BCUT2D eigenvalue weighted by atomic mass is 31.1. The smallest absolute Gasteiger partial charge is 0.0158 e. The van der Waals surface area contributed by atoms with Crippen LogP contribution in [0.25, 0.3) is 0 Å². The summed E-state index contributed by atoms with van der Waals surface area (Å²) in [4.78, 5) is 0. The van der Waals surface area contributed by atoms with E-state index in [1.54, 1.807) is 10.6 Å². The molecule has 2 saturated heterocycles. The lowest BCUT2D eigenvalue weighted by atomic mass is 10.2. The zero-order chi connectivity index (χ0) is 12.9. The monoisotopic (exact) mass is 278 g/mol. The quantitative estimate of drug-likeness (QED) is 0.709. The number of benzene rings is 1. The average molecular weight is 278 g/mol. The van der Waals surface area contributed by atoms with Crippen molar-refractivity contribution in [3.05, 3.63) is 24.3 Å². The molecule has 3 rings (SSSR count). The van der Waals surface area contributed by atoms with Crippen LogP contribution in [-0.4, -0.2) is 22.6 Å². The van der Waals surface area contributed by atoms with E-state index in [9.17, 15) is 0 Å². The maximum Gasteiger partial charge on any atom is -0.0158 e. The SMILES string of the molecule is CC1C[C@H](C)P1c1ccccc1P1C(C)C[C@@H]1C. The Morgan fingerprint density at radius 1 is 0.722 bits per heavy atom. The van der Waals surface area contributed by atoms with E-state index in [0.717, 1.165) is 22.6 Å². The Bertz CT molecular complexity index is 385. The van der Waals surface area contributed by atoms with Crippen molar-refractivity contribution in [1.29, 1.82) is 0 Å². The van der Waals surface area contributed by atoms with Crippen LogP contribution in [0.15, 0.2) is 24.3 Å². The van der Waals surface area contributed by atoms with Gasteiger partial charge in [-0.2, -0.15) is 0 Å². The maximum absolute atomic E-state index is 2.46. The summed E-state index contributed by atoms with van der Waals surface area (Å²) in [7, 11) is 0.275. The Kier molecular flexibility index (Phi) is 3.55. The zero-order valence-electron chi connectivity index (χ0n) is 11.9. The van der Waals surface area contributed by atoms with Crippen LogP contribution in [0, 0.1) is 0 Å². The van der Waals surface area contributed by atoms with Crippen molar-refractivity contribution in [3.8, 4) is 0 Å². The summed E-state index contributed by atoms with van der Waals surface area (Å²) in [5.41, 5.74) is 3.83. The van der Waals surface area contributed by atoms with Gasteiger partial charge < -0.3 is 0 Å². The summed E-state index contributed by atoms with van der Waals surface area (Å²) >= 11 is 0. The molecule has 0 amide bonds. The molecule has 1 aromatic rings. The number of hydrogen-bond acceptors (Lipinski definition) is 0. The lowest BCUT2D eigenvalue weighted by Gasteiger charge is -2.47. The van der Waals surface area contributed by atoms with E-state index in [2.05, 4.69) is 52.0 Å². The Morgan fingerprint density at radius 3 is 1.33 bits per heavy atom. The van der Waals surface area contributed by atoms with Crippen molar-refractivity contribution in [2.75, 3.05) is 0 Å². The second-order valence-corrected chi connectivity index (χ2v) is 12.3. The van der Waals surface area contributed by atoms with Gasteiger partial charge in [-0.1, -0.05) is 67.8 Å². The van der Waals surface area contributed by atoms with Gasteiger partial charge in [0.25, 0.3) is 0 Å². The summed E-state index contributed by atoms with van der Waals surface area (Å²) in [6, 6.07) is 9.44. The third kappa shape index (κ3) is 1.97. The Balaban J connectivity index is 1.95. The summed E-state index contributed by atoms with van der Waals surface area (Å²) in [5.74, 6) is 0. The largest absolute Gasteiger partial charge is 0.0688 e. The maximum atomic E-state index is 2.46.